The number of carboxylic acids is 1. The minimum Gasteiger partial charge on any atom is -0.481 e. The van der Waals surface area contributed by atoms with Crippen molar-refractivity contribution >= 4 is 33.2 Å². The molecule has 0 fully saturated rings. The molecule has 2 heterocycles. The Balaban J connectivity index is 1.44. The zero-order chi connectivity index (χ0) is 21.1. The highest BCUT2D eigenvalue weighted by molar-refractivity contribution is 7.17. The molecule has 2 aromatic carbocycles. The number of thiophene rings is 1. The highest BCUT2D eigenvalue weighted by Gasteiger charge is 2.08. The third-order valence-corrected chi connectivity index (χ3v) is 5.87. The Kier molecular flexibility index (Phi) is 5.72. The predicted molar refractivity (Wildman–Crippen MR) is 118 cm³/mol. The van der Waals surface area contributed by atoms with E-state index in [-0.39, 0.29) is 12.2 Å². The summed E-state index contributed by atoms with van der Waals surface area (Å²) in [6, 6.07) is 13.0. The number of aliphatic carboxylic acids is 1. The molecule has 0 saturated carbocycles. The molecule has 2 N–H and O–H groups in total. The maximum absolute atomic E-state index is 14.1. The number of hydrogen-bond donors (Lipinski definition) is 2. The van der Waals surface area contributed by atoms with E-state index in [1.165, 1.54) is 17.7 Å². The van der Waals surface area contributed by atoms with Crippen LogP contribution >= 0.6 is 11.3 Å². The normalized spacial score (nSPS) is 11.0. The van der Waals surface area contributed by atoms with Crippen molar-refractivity contribution < 1.29 is 14.3 Å². The van der Waals surface area contributed by atoms with Gasteiger partial charge in [0.15, 0.2) is 0 Å². The van der Waals surface area contributed by atoms with Crippen LogP contribution in [0, 0.1) is 12.7 Å². The van der Waals surface area contributed by atoms with E-state index in [9.17, 15) is 9.18 Å². The fraction of sp³-hybridized carbons (Fsp3) is 0.174. The molecular weight excluding hydrogens is 401 g/mol. The topological polar surface area (TPSA) is 75.1 Å². The van der Waals surface area contributed by atoms with Gasteiger partial charge in [-0.05, 0) is 59.0 Å². The lowest BCUT2D eigenvalue weighted by Gasteiger charge is -2.09. The number of nitrogens with one attached hydrogen (secondary N) is 1. The minimum atomic E-state index is -0.850. The number of aromatic nitrogens is 2. The Morgan fingerprint density at radius 3 is 2.83 bits per heavy atom. The van der Waals surface area contributed by atoms with Crippen LogP contribution in [0.25, 0.3) is 21.3 Å². The number of carboxylic acid groups (broad SMARTS) is 1. The molecule has 0 unspecified atom stereocenters. The fourth-order valence-electron chi connectivity index (χ4n) is 3.40. The van der Waals surface area contributed by atoms with Gasteiger partial charge in [0.05, 0.1) is 16.8 Å². The lowest BCUT2D eigenvalue weighted by molar-refractivity contribution is -0.136. The van der Waals surface area contributed by atoms with Crippen LogP contribution in [0.15, 0.2) is 54.2 Å². The van der Waals surface area contributed by atoms with Gasteiger partial charge in [-0.3, -0.25) is 4.79 Å². The van der Waals surface area contributed by atoms with E-state index in [2.05, 4.69) is 15.3 Å². The summed E-state index contributed by atoms with van der Waals surface area (Å²) < 4.78 is 14.8. The quantitative estimate of drug-likeness (QED) is 0.435. The monoisotopic (exact) mass is 421 g/mol. The molecule has 7 heteroatoms. The number of anilines is 1. The minimum absolute atomic E-state index is 0.000456. The van der Waals surface area contributed by atoms with Crippen molar-refractivity contribution in [3.8, 4) is 11.3 Å². The highest BCUT2D eigenvalue weighted by atomic mass is 32.1. The van der Waals surface area contributed by atoms with Crippen molar-refractivity contribution in [2.75, 3.05) is 11.9 Å². The number of nitrogens with zero attached hydrogens (tertiary/aromatic N) is 2. The summed E-state index contributed by atoms with van der Waals surface area (Å²) in [5.74, 6) is -0.342. The highest BCUT2D eigenvalue weighted by Crippen LogP contribution is 2.26. The molecule has 0 atom stereocenters. The van der Waals surface area contributed by atoms with E-state index < -0.39 is 5.97 Å². The summed E-state index contributed by atoms with van der Waals surface area (Å²) >= 11 is 1.41. The van der Waals surface area contributed by atoms with Gasteiger partial charge in [-0.15, -0.1) is 11.3 Å². The van der Waals surface area contributed by atoms with Gasteiger partial charge in [-0.25, -0.2) is 14.4 Å². The van der Waals surface area contributed by atoms with Crippen LogP contribution in [0.4, 0.5) is 10.2 Å². The van der Waals surface area contributed by atoms with Gasteiger partial charge in [-0.1, -0.05) is 18.2 Å². The van der Waals surface area contributed by atoms with Crippen LogP contribution in [0.5, 0.6) is 0 Å². The number of hydrogen-bond acceptors (Lipinski definition) is 5. The summed E-state index contributed by atoms with van der Waals surface area (Å²) in [7, 11) is 0. The number of halogens is 1. The van der Waals surface area contributed by atoms with Crippen molar-refractivity contribution in [2.45, 2.75) is 19.8 Å². The Labute approximate surface area is 177 Å². The van der Waals surface area contributed by atoms with Gasteiger partial charge >= 0.3 is 5.97 Å². The standard InChI is InChI=1S/C23H20FN3O2S/c1-14-8-17(3-2-16(14)11-22(28)29)20-12-21(27-13-26-20)25-6-4-15-9-18-5-7-30-23(18)19(24)10-15/h2-3,5,7-10,12-13H,4,6,11H2,1H3,(H,28,29)(H,25,26,27). The molecule has 0 bridgehead atoms. The van der Waals surface area contributed by atoms with Gasteiger partial charge < -0.3 is 10.4 Å². The average Bonchev–Trinajstić information content (AvgIpc) is 3.19. The first-order valence-electron chi connectivity index (χ1n) is 9.53. The third kappa shape index (κ3) is 4.46. The van der Waals surface area contributed by atoms with E-state index in [0.29, 0.717) is 23.5 Å². The SMILES string of the molecule is Cc1cc(-c2cc(NCCc3cc(F)c4sccc4c3)ncn2)ccc1CC(=O)O. The zero-order valence-corrected chi connectivity index (χ0v) is 17.2. The second-order valence-corrected chi connectivity index (χ2v) is 8.01. The molecule has 0 radical (unpaired) electrons. The van der Waals surface area contributed by atoms with Crippen LogP contribution in [0.1, 0.15) is 16.7 Å². The van der Waals surface area contributed by atoms with Crippen LogP contribution in [0.3, 0.4) is 0 Å². The molecule has 4 aromatic rings. The molecule has 4 rings (SSSR count). The van der Waals surface area contributed by atoms with Gasteiger partial charge in [0, 0.05) is 18.2 Å². The second-order valence-electron chi connectivity index (χ2n) is 7.09. The summed E-state index contributed by atoms with van der Waals surface area (Å²) in [4.78, 5) is 19.5. The van der Waals surface area contributed by atoms with Crippen molar-refractivity contribution in [3.63, 3.8) is 0 Å². The van der Waals surface area contributed by atoms with E-state index in [0.717, 1.165) is 33.3 Å². The first-order chi connectivity index (χ1) is 14.5. The van der Waals surface area contributed by atoms with E-state index in [4.69, 9.17) is 5.11 Å². The van der Waals surface area contributed by atoms with Crippen LogP contribution in [-0.4, -0.2) is 27.6 Å². The fourth-order valence-corrected chi connectivity index (χ4v) is 4.19. The summed E-state index contributed by atoms with van der Waals surface area (Å²) in [6.07, 6.45) is 2.17. The molecule has 152 valence electrons. The third-order valence-electron chi connectivity index (χ3n) is 4.93. The summed E-state index contributed by atoms with van der Waals surface area (Å²) in [5.41, 5.74) is 4.28. The number of fused-ring (bicyclic) bond motifs is 1. The largest absolute Gasteiger partial charge is 0.481 e. The van der Waals surface area contributed by atoms with Crippen molar-refractivity contribution in [2.24, 2.45) is 0 Å². The summed E-state index contributed by atoms with van der Waals surface area (Å²) in [6.45, 7) is 2.51. The van der Waals surface area contributed by atoms with E-state index >= 15 is 0 Å². The van der Waals surface area contributed by atoms with E-state index in [1.54, 1.807) is 6.07 Å². The average molecular weight is 421 g/mol. The maximum Gasteiger partial charge on any atom is 0.307 e. The molecule has 30 heavy (non-hydrogen) atoms. The smallest absolute Gasteiger partial charge is 0.307 e. The second kappa shape index (κ2) is 8.59. The molecule has 2 aromatic heterocycles. The first kappa shape index (κ1) is 20.0. The van der Waals surface area contributed by atoms with Crippen molar-refractivity contribution in [1.82, 2.24) is 9.97 Å². The molecule has 0 aliphatic carbocycles. The lowest BCUT2D eigenvalue weighted by atomic mass is 10.0. The molecule has 5 nitrogen and oxygen atoms in total. The van der Waals surface area contributed by atoms with Crippen molar-refractivity contribution in [1.29, 1.82) is 0 Å². The number of carbonyl (C=O) groups is 1. The number of aryl methyl sites for hydroxylation is 1. The van der Waals surface area contributed by atoms with E-state index in [1.807, 2.05) is 48.7 Å². The van der Waals surface area contributed by atoms with Crippen LogP contribution < -0.4 is 5.32 Å². The number of rotatable bonds is 7. The predicted octanol–water partition coefficient (Wildman–Crippen LogP) is 5.09. The summed E-state index contributed by atoms with van der Waals surface area (Å²) in [5, 5.41) is 15.1. The van der Waals surface area contributed by atoms with Crippen molar-refractivity contribution in [3.05, 3.63) is 76.7 Å². The molecule has 0 aliphatic heterocycles. The first-order valence-corrected chi connectivity index (χ1v) is 10.4. The Morgan fingerprint density at radius 1 is 1.17 bits per heavy atom. The zero-order valence-electron chi connectivity index (χ0n) is 16.4. The Morgan fingerprint density at radius 2 is 2.03 bits per heavy atom. The molecule has 0 spiro atoms. The van der Waals surface area contributed by atoms with Gasteiger partial charge in [0.25, 0.3) is 0 Å². The van der Waals surface area contributed by atoms with Gasteiger partial charge in [-0.2, -0.15) is 0 Å². The lowest BCUT2D eigenvalue weighted by Crippen LogP contribution is -2.07. The van der Waals surface area contributed by atoms with Crippen LogP contribution in [0.2, 0.25) is 0 Å². The molecule has 0 aliphatic rings. The number of benzene rings is 2. The van der Waals surface area contributed by atoms with Gasteiger partial charge in [0.1, 0.15) is 18.0 Å². The Bertz CT molecular complexity index is 1220. The van der Waals surface area contributed by atoms with Crippen LogP contribution in [-0.2, 0) is 17.6 Å². The maximum atomic E-state index is 14.1. The molecule has 0 amide bonds. The molecular formula is C23H20FN3O2S. The molecule has 0 saturated heterocycles. The Hall–Kier alpha value is -3.32. The van der Waals surface area contributed by atoms with Gasteiger partial charge in [0.2, 0.25) is 0 Å².